The van der Waals surface area contributed by atoms with E-state index >= 15 is 0 Å². The zero-order chi connectivity index (χ0) is 14.4. The number of rotatable bonds is 6. The van der Waals surface area contributed by atoms with Gasteiger partial charge in [-0.1, -0.05) is 53.5 Å². The van der Waals surface area contributed by atoms with Crippen molar-refractivity contribution in [2.45, 2.75) is 13.1 Å². The van der Waals surface area contributed by atoms with E-state index in [-0.39, 0.29) is 11.8 Å². The molecule has 0 amide bonds. The first-order valence-electron chi connectivity index (χ1n) is 6.23. The summed E-state index contributed by atoms with van der Waals surface area (Å²) >= 11 is 11.8. The molecule has 0 spiro atoms. The van der Waals surface area contributed by atoms with Gasteiger partial charge in [0.2, 0.25) is 0 Å². The highest BCUT2D eigenvalue weighted by Crippen LogP contribution is 2.16. The minimum atomic E-state index is 0.0749. The van der Waals surface area contributed by atoms with Gasteiger partial charge in [0.15, 0.2) is 5.15 Å². The second-order valence-electron chi connectivity index (χ2n) is 4.35. The Morgan fingerprint density at radius 2 is 1.85 bits per heavy atom. The van der Waals surface area contributed by atoms with E-state index < -0.39 is 0 Å². The van der Waals surface area contributed by atoms with Gasteiger partial charge in [0.1, 0.15) is 5.15 Å². The van der Waals surface area contributed by atoms with Gasteiger partial charge in [-0.3, -0.25) is 9.88 Å². The second-order valence-corrected chi connectivity index (χ2v) is 5.10. The first kappa shape index (κ1) is 15.2. The van der Waals surface area contributed by atoms with Crippen LogP contribution in [0.4, 0.5) is 0 Å². The van der Waals surface area contributed by atoms with Gasteiger partial charge in [-0.05, 0) is 5.56 Å². The number of hydrogen-bond acceptors (Lipinski definition) is 4. The molecule has 1 N–H and O–H groups in total. The minimum Gasteiger partial charge on any atom is -0.395 e. The van der Waals surface area contributed by atoms with E-state index in [9.17, 15) is 5.11 Å². The predicted octanol–water partition coefficient (Wildman–Crippen LogP) is 2.78. The average molecular weight is 312 g/mol. The third-order valence-corrected chi connectivity index (χ3v) is 3.29. The summed E-state index contributed by atoms with van der Waals surface area (Å²) in [4.78, 5) is 10.2. The van der Waals surface area contributed by atoms with Crippen LogP contribution in [0.15, 0.2) is 36.5 Å². The first-order chi connectivity index (χ1) is 9.69. The SMILES string of the molecule is OCCN(Cc1ccccc1)Cc1ncc(Cl)nc1Cl. The smallest absolute Gasteiger partial charge is 0.153 e. The van der Waals surface area contributed by atoms with Crippen LogP contribution in [-0.4, -0.2) is 33.1 Å². The highest BCUT2D eigenvalue weighted by Gasteiger charge is 2.11. The van der Waals surface area contributed by atoms with Crippen LogP contribution in [0.3, 0.4) is 0 Å². The average Bonchev–Trinajstić information content (AvgIpc) is 2.43. The van der Waals surface area contributed by atoms with Gasteiger partial charge in [0, 0.05) is 19.6 Å². The standard InChI is InChI=1S/C14H15Cl2N3O/c15-13-8-17-12(14(16)18-13)10-19(6-7-20)9-11-4-2-1-3-5-11/h1-5,8,20H,6-7,9-10H2. The third-order valence-electron chi connectivity index (χ3n) is 2.81. The number of aliphatic hydroxyl groups excluding tert-OH is 1. The number of aliphatic hydroxyl groups is 1. The summed E-state index contributed by atoms with van der Waals surface area (Å²) in [6.45, 7) is 1.83. The Balaban J connectivity index is 2.09. The Morgan fingerprint density at radius 1 is 1.10 bits per heavy atom. The van der Waals surface area contributed by atoms with Crippen molar-refractivity contribution in [3.63, 3.8) is 0 Å². The largest absolute Gasteiger partial charge is 0.395 e. The fraction of sp³-hybridized carbons (Fsp3) is 0.286. The molecule has 0 aliphatic rings. The van der Waals surface area contributed by atoms with Crippen molar-refractivity contribution in [1.82, 2.24) is 14.9 Å². The quantitative estimate of drug-likeness (QED) is 0.891. The molecule has 0 saturated heterocycles. The van der Waals surface area contributed by atoms with Crippen LogP contribution in [0.1, 0.15) is 11.3 Å². The Labute approximate surface area is 128 Å². The Hall–Kier alpha value is -1.20. The highest BCUT2D eigenvalue weighted by molar-refractivity contribution is 6.32. The van der Waals surface area contributed by atoms with Gasteiger partial charge in [0.25, 0.3) is 0 Å². The molecular formula is C14H15Cl2N3O. The van der Waals surface area contributed by atoms with Crippen LogP contribution in [0.25, 0.3) is 0 Å². The maximum atomic E-state index is 9.17. The van der Waals surface area contributed by atoms with Crippen molar-refractivity contribution in [3.05, 3.63) is 58.1 Å². The van der Waals surface area contributed by atoms with Crippen LogP contribution in [0, 0.1) is 0 Å². The number of aromatic nitrogens is 2. The lowest BCUT2D eigenvalue weighted by molar-refractivity contribution is 0.183. The molecule has 2 rings (SSSR count). The van der Waals surface area contributed by atoms with Crippen LogP contribution < -0.4 is 0 Å². The predicted molar refractivity (Wildman–Crippen MR) is 79.7 cm³/mol. The van der Waals surface area contributed by atoms with Crippen molar-refractivity contribution >= 4 is 23.2 Å². The van der Waals surface area contributed by atoms with E-state index in [4.69, 9.17) is 23.2 Å². The zero-order valence-electron chi connectivity index (χ0n) is 10.8. The number of nitrogens with zero attached hydrogens (tertiary/aromatic N) is 3. The lowest BCUT2D eigenvalue weighted by Crippen LogP contribution is -2.26. The van der Waals surface area contributed by atoms with Gasteiger partial charge >= 0.3 is 0 Å². The number of halogens is 2. The van der Waals surface area contributed by atoms with Gasteiger partial charge in [-0.2, -0.15) is 0 Å². The lowest BCUT2D eigenvalue weighted by Gasteiger charge is -2.21. The molecule has 4 nitrogen and oxygen atoms in total. The van der Waals surface area contributed by atoms with Crippen LogP contribution in [-0.2, 0) is 13.1 Å². The molecule has 0 aliphatic carbocycles. The molecule has 20 heavy (non-hydrogen) atoms. The molecule has 1 aromatic heterocycles. The van der Waals surface area contributed by atoms with E-state index in [1.807, 2.05) is 30.3 Å². The molecule has 0 fully saturated rings. The fourth-order valence-corrected chi connectivity index (χ4v) is 2.26. The second kappa shape index (κ2) is 7.55. The minimum absolute atomic E-state index is 0.0749. The van der Waals surface area contributed by atoms with E-state index in [1.54, 1.807) is 0 Å². The maximum Gasteiger partial charge on any atom is 0.153 e. The van der Waals surface area contributed by atoms with E-state index in [0.29, 0.717) is 30.5 Å². The third kappa shape index (κ3) is 4.42. The Kier molecular flexibility index (Phi) is 5.73. The van der Waals surface area contributed by atoms with Crippen molar-refractivity contribution < 1.29 is 5.11 Å². The molecule has 0 bridgehead atoms. The summed E-state index contributed by atoms with van der Waals surface area (Å²) < 4.78 is 0. The van der Waals surface area contributed by atoms with E-state index in [0.717, 1.165) is 0 Å². The molecule has 6 heteroatoms. The molecule has 0 radical (unpaired) electrons. The van der Waals surface area contributed by atoms with E-state index in [1.165, 1.54) is 11.8 Å². The topological polar surface area (TPSA) is 49.2 Å². The van der Waals surface area contributed by atoms with Crippen molar-refractivity contribution in [1.29, 1.82) is 0 Å². The van der Waals surface area contributed by atoms with Crippen molar-refractivity contribution in [2.75, 3.05) is 13.2 Å². The zero-order valence-corrected chi connectivity index (χ0v) is 12.3. The fourth-order valence-electron chi connectivity index (χ4n) is 1.89. The summed E-state index contributed by atoms with van der Waals surface area (Å²) in [5.41, 5.74) is 1.82. The Bertz CT molecular complexity index is 551. The molecule has 106 valence electrons. The monoisotopic (exact) mass is 311 g/mol. The summed E-state index contributed by atoms with van der Waals surface area (Å²) in [5.74, 6) is 0. The molecule has 0 atom stereocenters. The molecule has 2 aromatic rings. The Morgan fingerprint density at radius 3 is 2.50 bits per heavy atom. The molecule has 1 heterocycles. The summed E-state index contributed by atoms with van der Waals surface area (Å²) in [5, 5.41) is 9.75. The van der Waals surface area contributed by atoms with E-state index in [2.05, 4.69) is 14.9 Å². The summed E-state index contributed by atoms with van der Waals surface area (Å²) in [6.07, 6.45) is 1.47. The van der Waals surface area contributed by atoms with Crippen molar-refractivity contribution in [2.24, 2.45) is 0 Å². The molecule has 0 unspecified atom stereocenters. The van der Waals surface area contributed by atoms with Crippen molar-refractivity contribution in [3.8, 4) is 0 Å². The molecular weight excluding hydrogens is 297 g/mol. The summed E-state index contributed by atoms with van der Waals surface area (Å²) in [6, 6.07) is 10.0. The normalized spacial score (nSPS) is 11.0. The summed E-state index contributed by atoms with van der Waals surface area (Å²) in [7, 11) is 0. The lowest BCUT2D eigenvalue weighted by atomic mass is 10.2. The highest BCUT2D eigenvalue weighted by atomic mass is 35.5. The molecule has 1 aromatic carbocycles. The van der Waals surface area contributed by atoms with Gasteiger partial charge in [0.05, 0.1) is 18.5 Å². The first-order valence-corrected chi connectivity index (χ1v) is 6.98. The van der Waals surface area contributed by atoms with Gasteiger partial charge in [-0.15, -0.1) is 0 Å². The van der Waals surface area contributed by atoms with Crippen LogP contribution >= 0.6 is 23.2 Å². The maximum absolute atomic E-state index is 9.17. The number of hydrogen-bond donors (Lipinski definition) is 1. The van der Waals surface area contributed by atoms with Crippen LogP contribution in [0.5, 0.6) is 0 Å². The number of benzene rings is 1. The van der Waals surface area contributed by atoms with Gasteiger partial charge in [-0.25, -0.2) is 4.98 Å². The molecule has 0 saturated carbocycles. The van der Waals surface area contributed by atoms with Gasteiger partial charge < -0.3 is 5.11 Å². The van der Waals surface area contributed by atoms with Crippen LogP contribution in [0.2, 0.25) is 10.3 Å². The molecule has 0 aliphatic heterocycles.